The zero-order chi connectivity index (χ0) is 15.0. The zero-order valence-corrected chi connectivity index (χ0v) is 12.5. The van der Waals surface area contributed by atoms with Crippen molar-refractivity contribution in [3.8, 4) is 0 Å². The Balaban J connectivity index is 2.09. The van der Waals surface area contributed by atoms with Gasteiger partial charge in [-0.3, -0.25) is 4.40 Å². The monoisotopic (exact) mass is 298 g/mol. The molecule has 21 heavy (non-hydrogen) atoms. The highest BCUT2D eigenvalue weighted by Crippen LogP contribution is 2.31. The summed E-state index contributed by atoms with van der Waals surface area (Å²) >= 11 is 1.38. The average molecular weight is 298 g/mol. The second kappa shape index (κ2) is 5.26. The molecular weight excluding hydrogens is 284 g/mol. The van der Waals surface area contributed by atoms with Crippen molar-refractivity contribution in [1.82, 2.24) is 9.38 Å². The van der Waals surface area contributed by atoms with Crippen molar-refractivity contribution < 1.29 is 9.90 Å². The van der Waals surface area contributed by atoms with Crippen LogP contribution in [0.2, 0.25) is 0 Å². The Hall–Kier alpha value is -2.27. The maximum absolute atomic E-state index is 11.5. The van der Waals surface area contributed by atoms with Gasteiger partial charge in [-0.2, -0.15) is 0 Å². The van der Waals surface area contributed by atoms with Crippen LogP contribution in [0.15, 0.2) is 52.5 Å². The van der Waals surface area contributed by atoms with Crippen LogP contribution >= 0.6 is 11.8 Å². The average Bonchev–Trinajstić information content (AvgIpc) is 2.80. The van der Waals surface area contributed by atoms with Gasteiger partial charge in [-0.05, 0) is 49.2 Å². The number of carboxylic acid groups (broad SMARTS) is 1. The SMILES string of the molecule is Cc1ccc(Sc2nc3ccccn3c2C(=O)O)cc1C. The van der Waals surface area contributed by atoms with E-state index in [1.165, 1.54) is 22.9 Å². The van der Waals surface area contributed by atoms with Gasteiger partial charge in [-0.1, -0.05) is 23.9 Å². The van der Waals surface area contributed by atoms with Gasteiger partial charge in [0.1, 0.15) is 10.7 Å². The number of aromatic nitrogens is 2. The van der Waals surface area contributed by atoms with Gasteiger partial charge in [0, 0.05) is 11.1 Å². The first-order valence-electron chi connectivity index (χ1n) is 6.52. The minimum Gasteiger partial charge on any atom is -0.476 e. The van der Waals surface area contributed by atoms with Gasteiger partial charge in [0.2, 0.25) is 0 Å². The Morgan fingerprint density at radius 2 is 2.00 bits per heavy atom. The molecular formula is C16H14N2O2S. The molecule has 0 saturated carbocycles. The molecule has 4 nitrogen and oxygen atoms in total. The summed E-state index contributed by atoms with van der Waals surface area (Å²) in [6.07, 6.45) is 1.72. The van der Waals surface area contributed by atoms with E-state index in [1.807, 2.05) is 25.1 Å². The summed E-state index contributed by atoms with van der Waals surface area (Å²) in [5, 5.41) is 9.97. The molecule has 0 fully saturated rings. The van der Waals surface area contributed by atoms with E-state index in [2.05, 4.69) is 18.0 Å². The molecule has 1 N–H and O–H groups in total. The number of rotatable bonds is 3. The molecule has 0 aliphatic carbocycles. The van der Waals surface area contributed by atoms with Crippen molar-refractivity contribution in [3.63, 3.8) is 0 Å². The van der Waals surface area contributed by atoms with Gasteiger partial charge >= 0.3 is 5.97 Å². The molecule has 0 aliphatic heterocycles. The van der Waals surface area contributed by atoms with E-state index < -0.39 is 5.97 Å². The van der Waals surface area contributed by atoms with Gasteiger partial charge < -0.3 is 5.11 Å². The highest BCUT2D eigenvalue weighted by molar-refractivity contribution is 7.99. The van der Waals surface area contributed by atoms with Gasteiger partial charge in [-0.15, -0.1) is 0 Å². The van der Waals surface area contributed by atoms with Crippen LogP contribution < -0.4 is 0 Å². The molecule has 0 amide bonds. The Kier molecular flexibility index (Phi) is 3.43. The molecule has 5 heteroatoms. The lowest BCUT2D eigenvalue weighted by Gasteiger charge is -2.04. The van der Waals surface area contributed by atoms with Crippen molar-refractivity contribution in [1.29, 1.82) is 0 Å². The fraction of sp³-hybridized carbons (Fsp3) is 0.125. The van der Waals surface area contributed by atoms with Crippen LogP contribution in [0.25, 0.3) is 5.65 Å². The number of hydrogen-bond acceptors (Lipinski definition) is 3. The third kappa shape index (κ3) is 2.52. The lowest BCUT2D eigenvalue weighted by Crippen LogP contribution is -2.02. The summed E-state index contributed by atoms with van der Waals surface area (Å²) in [5.74, 6) is -0.972. The van der Waals surface area contributed by atoms with Crippen LogP contribution in [0.1, 0.15) is 21.6 Å². The smallest absolute Gasteiger partial charge is 0.355 e. The number of fused-ring (bicyclic) bond motifs is 1. The van der Waals surface area contributed by atoms with Crippen LogP contribution in [-0.2, 0) is 0 Å². The van der Waals surface area contributed by atoms with E-state index in [4.69, 9.17) is 0 Å². The first-order chi connectivity index (χ1) is 10.1. The van der Waals surface area contributed by atoms with Crippen LogP contribution in [0.5, 0.6) is 0 Å². The lowest BCUT2D eigenvalue weighted by atomic mass is 10.1. The summed E-state index contributed by atoms with van der Waals surface area (Å²) in [7, 11) is 0. The molecule has 2 heterocycles. The van der Waals surface area contributed by atoms with E-state index in [1.54, 1.807) is 22.7 Å². The molecule has 3 rings (SSSR count). The van der Waals surface area contributed by atoms with E-state index in [0.29, 0.717) is 10.7 Å². The fourth-order valence-electron chi connectivity index (χ4n) is 2.13. The van der Waals surface area contributed by atoms with Crippen molar-refractivity contribution in [2.45, 2.75) is 23.8 Å². The van der Waals surface area contributed by atoms with Gasteiger partial charge in [0.25, 0.3) is 0 Å². The molecule has 106 valence electrons. The standard InChI is InChI=1S/C16H14N2O2S/c1-10-6-7-12(9-11(10)2)21-15-14(16(19)20)18-8-4-3-5-13(18)17-15/h3-9H,1-2H3,(H,19,20). The quantitative estimate of drug-likeness (QED) is 0.799. The Labute approximate surface area is 126 Å². The van der Waals surface area contributed by atoms with E-state index in [9.17, 15) is 9.90 Å². The Bertz CT molecular complexity index is 839. The second-order valence-electron chi connectivity index (χ2n) is 4.85. The summed E-state index contributed by atoms with van der Waals surface area (Å²) in [4.78, 5) is 17.0. The first kappa shape index (κ1) is 13.7. The van der Waals surface area contributed by atoms with Gasteiger partial charge in [0.15, 0.2) is 5.69 Å². The molecule has 0 saturated heterocycles. The van der Waals surface area contributed by atoms with E-state index in [-0.39, 0.29) is 5.69 Å². The number of imidazole rings is 1. The van der Waals surface area contributed by atoms with Gasteiger partial charge in [-0.25, -0.2) is 9.78 Å². The molecule has 0 aliphatic rings. The minimum absolute atomic E-state index is 0.203. The molecule has 0 atom stereocenters. The molecule has 0 bridgehead atoms. The summed E-state index contributed by atoms with van der Waals surface area (Å²) < 4.78 is 1.60. The predicted octanol–water partition coefficient (Wildman–Crippen LogP) is 3.80. The second-order valence-corrected chi connectivity index (χ2v) is 5.91. The number of nitrogens with zero attached hydrogens (tertiary/aromatic N) is 2. The first-order valence-corrected chi connectivity index (χ1v) is 7.33. The van der Waals surface area contributed by atoms with E-state index in [0.717, 1.165) is 4.90 Å². The molecule has 2 aromatic heterocycles. The minimum atomic E-state index is -0.972. The highest BCUT2D eigenvalue weighted by Gasteiger charge is 2.19. The molecule has 0 radical (unpaired) electrons. The molecule has 0 spiro atoms. The van der Waals surface area contributed by atoms with Crippen molar-refractivity contribution >= 4 is 23.4 Å². The number of carboxylic acids is 1. The van der Waals surface area contributed by atoms with Crippen molar-refractivity contribution in [3.05, 3.63) is 59.4 Å². The molecule has 1 aromatic carbocycles. The largest absolute Gasteiger partial charge is 0.476 e. The maximum Gasteiger partial charge on any atom is 0.355 e. The fourth-order valence-corrected chi connectivity index (χ4v) is 3.15. The third-order valence-corrected chi connectivity index (χ3v) is 4.36. The normalized spacial score (nSPS) is 11.0. The summed E-state index contributed by atoms with van der Waals surface area (Å²) in [6, 6.07) is 11.5. The Morgan fingerprint density at radius 1 is 1.19 bits per heavy atom. The Morgan fingerprint density at radius 3 is 2.71 bits per heavy atom. The van der Waals surface area contributed by atoms with Crippen LogP contribution in [0, 0.1) is 13.8 Å². The lowest BCUT2D eigenvalue weighted by molar-refractivity contribution is 0.0685. The number of carbonyl (C=O) groups is 1. The van der Waals surface area contributed by atoms with Crippen molar-refractivity contribution in [2.24, 2.45) is 0 Å². The van der Waals surface area contributed by atoms with Crippen LogP contribution in [0.4, 0.5) is 0 Å². The van der Waals surface area contributed by atoms with Crippen molar-refractivity contribution in [2.75, 3.05) is 0 Å². The molecule has 3 aromatic rings. The maximum atomic E-state index is 11.5. The number of hydrogen-bond donors (Lipinski definition) is 1. The predicted molar refractivity (Wildman–Crippen MR) is 82.2 cm³/mol. The highest BCUT2D eigenvalue weighted by atomic mass is 32.2. The topological polar surface area (TPSA) is 54.6 Å². The number of aromatic carboxylic acids is 1. The zero-order valence-electron chi connectivity index (χ0n) is 11.7. The number of benzene rings is 1. The van der Waals surface area contributed by atoms with E-state index >= 15 is 0 Å². The number of aryl methyl sites for hydroxylation is 2. The van der Waals surface area contributed by atoms with Crippen LogP contribution in [-0.4, -0.2) is 20.5 Å². The molecule has 0 unspecified atom stereocenters. The summed E-state index contributed by atoms with van der Waals surface area (Å²) in [5.41, 5.74) is 3.24. The number of pyridine rings is 1. The summed E-state index contributed by atoms with van der Waals surface area (Å²) in [6.45, 7) is 4.10. The van der Waals surface area contributed by atoms with Gasteiger partial charge in [0.05, 0.1) is 0 Å². The van der Waals surface area contributed by atoms with Crippen LogP contribution in [0.3, 0.4) is 0 Å². The third-order valence-electron chi connectivity index (χ3n) is 3.39.